The van der Waals surface area contributed by atoms with E-state index < -0.39 is 44.8 Å². The first-order valence-electron chi connectivity index (χ1n) is 12.5. The summed E-state index contributed by atoms with van der Waals surface area (Å²) in [5, 5.41) is 8.68. The van der Waals surface area contributed by atoms with Gasteiger partial charge in [-0.05, 0) is 55.6 Å². The minimum atomic E-state index is -3.21. The van der Waals surface area contributed by atoms with E-state index in [0.717, 1.165) is 6.08 Å². The molecule has 1 saturated carbocycles. The fourth-order valence-electron chi connectivity index (χ4n) is 3.91. The van der Waals surface area contributed by atoms with Crippen LogP contribution in [0.1, 0.15) is 52.9 Å². The van der Waals surface area contributed by atoms with Gasteiger partial charge in [-0.2, -0.15) is 8.78 Å². The van der Waals surface area contributed by atoms with Crippen LogP contribution in [-0.2, 0) is 14.0 Å². The predicted octanol–water partition coefficient (Wildman–Crippen LogP) is 7.05. The number of ketones is 1. The molecule has 1 aromatic carbocycles. The summed E-state index contributed by atoms with van der Waals surface area (Å²) in [6.45, 7) is 9.70. The van der Waals surface area contributed by atoms with E-state index in [-0.39, 0.29) is 23.7 Å². The summed E-state index contributed by atoms with van der Waals surface area (Å²) >= 11 is 0. The number of carbonyl (C=O) groups is 2. The Balaban J connectivity index is 2.16. The van der Waals surface area contributed by atoms with Crippen LogP contribution in [0.25, 0.3) is 0 Å². The molecule has 1 unspecified atom stereocenters. The van der Waals surface area contributed by atoms with E-state index in [1.165, 1.54) is 6.08 Å². The van der Waals surface area contributed by atoms with Gasteiger partial charge in [0, 0.05) is 24.7 Å². The van der Waals surface area contributed by atoms with E-state index in [9.17, 15) is 18.4 Å². The van der Waals surface area contributed by atoms with Crippen molar-refractivity contribution in [2.75, 3.05) is 6.61 Å². The molecule has 0 spiro atoms. The molecule has 1 N–H and O–H groups in total. The zero-order valence-corrected chi connectivity index (χ0v) is 23.0. The second kappa shape index (κ2) is 12.8. The Labute approximate surface area is 214 Å². The third kappa shape index (κ3) is 9.28. The van der Waals surface area contributed by atoms with Crippen LogP contribution < -0.4 is 4.74 Å². The molecule has 200 valence electrons. The smallest absolute Gasteiger partial charge is 0.303 e. The maximum absolute atomic E-state index is 14.7. The number of carboxylic acids is 1. The van der Waals surface area contributed by atoms with Crippen molar-refractivity contribution in [3.8, 4) is 5.75 Å². The SMILES string of the molecule is CC(C)(C)[Si](C)(C)O[C@@H]1CC(=O)C(CC=CCCCC(=O)O)[C@H]1C=CC(F)(F)COc1ccccc1. The van der Waals surface area contributed by atoms with Crippen LogP contribution in [-0.4, -0.2) is 43.8 Å². The van der Waals surface area contributed by atoms with Crippen LogP contribution >= 0.6 is 0 Å². The highest BCUT2D eigenvalue weighted by atomic mass is 28.4. The molecule has 0 aromatic heterocycles. The quantitative estimate of drug-likeness (QED) is 0.171. The zero-order chi connectivity index (χ0) is 27.0. The maximum Gasteiger partial charge on any atom is 0.303 e. The number of benzene rings is 1. The fourth-order valence-corrected chi connectivity index (χ4v) is 5.26. The van der Waals surface area contributed by atoms with Crippen molar-refractivity contribution in [3.63, 3.8) is 0 Å². The lowest BCUT2D eigenvalue weighted by atomic mass is 9.90. The maximum atomic E-state index is 14.7. The standard InChI is InChI=1S/C28H40F2O5Si/c1-27(2,3)36(4,5)35-25-19-24(31)22(15-11-6-7-12-16-26(32)33)23(25)17-18-28(29,30)20-34-21-13-9-8-10-14-21/h6,8-11,13-14,17-18,22-23,25H,7,12,15-16,19-20H2,1-5H3,(H,32,33)/t22?,23-,25-/m1/s1. The molecule has 5 nitrogen and oxygen atoms in total. The summed E-state index contributed by atoms with van der Waals surface area (Å²) in [5.41, 5.74) is 0. The molecular weight excluding hydrogens is 482 g/mol. The number of allylic oxidation sites excluding steroid dienone is 2. The minimum absolute atomic E-state index is 0.00685. The van der Waals surface area contributed by atoms with Gasteiger partial charge in [0.05, 0.1) is 6.10 Å². The molecule has 0 saturated heterocycles. The van der Waals surface area contributed by atoms with E-state index in [1.807, 2.05) is 12.2 Å². The molecule has 1 aromatic rings. The second-order valence-corrected chi connectivity index (χ2v) is 15.7. The summed E-state index contributed by atoms with van der Waals surface area (Å²) in [5.74, 6) is -4.61. The van der Waals surface area contributed by atoms with Gasteiger partial charge in [-0.25, -0.2) is 0 Å². The number of carbonyl (C=O) groups excluding carboxylic acids is 1. The number of carboxylic acid groups (broad SMARTS) is 1. The Bertz CT molecular complexity index is 922. The van der Waals surface area contributed by atoms with Gasteiger partial charge in [0.15, 0.2) is 14.9 Å². The topological polar surface area (TPSA) is 72.8 Å². The Kier molecular flexibility index (Phi) is 10.6. The number of para-hydroxylation sites is 1. The number of hydrogen-bond donors (Lipinski definition) is 1. The average Bonchev–Trinajstić information content (AvgIpc) is 3.06. The van der Waals surface area contributed by atoms with Crippen LogP contribution in [0.15, 0.2) is 54.6 Å². The van der Waals surface area contributed by atoms with Gasteiger partial charge < -0.3 is 14.3 Å². The molecule has 1 aliphatic rings. The lowest BCUT2D eigenvalue weighted by molar-refractivity contribution is -0.137. The van der Waals surface area contributed by atoms with Crippen LogP contribution in [0.3, 0.4) is 0 Å². The number of Topliss-reactive ketones (excluding diaryl/α,β-unsaturated/α-hetero) is 1. The molecular formula is C28H40F2O5Si. The van der Waals surface area contributed by atoms with Gasteiger partial charge in [0.25, 0.3) is 5.92 Å². The highest BCUT2D eigenvalue weighted by Gasteiger charge is 2.47. The molecule has 0 bridgehead atoms. The molecule has 0 radical (unpaired) electrons. The van der Waals surface area contributed by atoms with E-state index in [2.05, 4.69) is 33.9 Å². The largest absolute Gasteiger partial charge is 0.487 e. The Morgan fingerprint density at radius 1 is 1.17 bits per heavy atom. The predicted molar refractivity (Wildman–Crippen MR) is 140 cm³/mol. The number of aliphatic carboxylic acids is 1. The number of hydrogen-bond acceptors (Lipinski definition) is 4. The number of alkyl halides is 2. The molecule has 3 atom stereocenters. The second-order valence-electron chi connectivity index (χ2n) is 11.0. The fraction of sp³-hybridized carbons (Fsp3) is 0.571. The molecule has 0 amide bonds. The van der Waals surface area contributed by atoms with E-state index in [1.54, 1.807) is 30.3 Å². The van der Waals surface area contributed by atoms with Gasteiger partial charge in [0.2, 0.25) is 0 Å². The number of halogens is 2. The first-order chi connectivity index (χ1) is 16.7. The van der Waals surface area contributed by atoms with E-state index in [4.69, 9.17) is 14.3 Å². The number of rotatable bonds is 13. The molecule has 1 fully saturated rings. The van der Waals surface area contributed by atoms with Gasteiger partial charge in [0.1, 0.15) is 11.5 Å². The first kappa shape index (κ1) is 29.9. The summed E-state index contributed by atoms with van der Waals surface area (Å²) in [4.78, 5) is 23.6. The Hall–Kier alpha value is -2.32. The lowest BCUT2D eigenvalue weighted by Gasteiger charge is -2.39. The number of ether oxygens (including phenoxy) is 1. The molecule has 1 aliphatic carbocycles. The van der Waals surface area contributed by atoms with Gasteiger partial charge in [-0.1, -0.05) is 57.2 Å². The van der Waals surface area contributed by atoms with Gasteiger partial charge in [-0.3, -0.25) is 9.59 Å². The molecule has 0 heterocycles. The van der Waals surface area contributed by atoms with Crippen molar-refractivity contribution >= 4 is 20.1 Å². The summed E-state index contributed by atoms with van der Waals surface area (Å²) in [6.07, 6.45) is 7.36. The van der Waals surface area contributed by atoms with Gasteiger partial charge in [-0.15, -0.1) is 0 Å². The van der Waals surface area contributed by atoms with Crippen LogP contribution in [0, 0.1) is 11.8 Å². The van der Waals surface area contributed by atoms with Crippen molar-refractivity contribution in [1.82, 2.24) is 0 Å². The first-order valence-corrected chi connectivity index (χ1v) is 15.4. The van der Waals surface area contributed by atoms with Crippen molar-refractivity contribution in [1.29, 1.82) is 0 Å². The van der Waals surface area contributed by atoms with E-state index >= 15 is 0 Å². The molecule has 36 heavy (non-hydrogen) atoms. The van der Waals surface area contributed by atoms with E-state index in [0.29, 0.717) is 25.0 Å². The van der Waals surface area contributed by atoms with Crippen LogP contribution in [0.2, 0.25) is 18.1 Å². The summed E-state index contributed by atoms with van der Waals surface area (Å²) < 4.78 is 41.2. The number of unbranched alkanes of at least 4 members (excludes halogenated alkanes) is 1. The van der Waals surface area contributed by atoms with Crippen molar-refractivity contribution < 1.29 is 32.6 Å². The Morgan fingerprint density at radius 3 is 2.44 bits per heavy atom. The highest BCUT2D eigenvalue weighted by molar-refractivity contribution is 6.74. The third-order valence-electron chi connectivity index (χ3n) is 7.02. The highest BCUT2D eigenvalue weighted by Crippen LogP contribution is 2.43. The molecule has 0 aliphatic heterocycles. The zero-order valence-electron chi connectivity index (χ0n) is 22.0. The third-order valence-corrected chi connectivity index (χ3v) is 11.5. The average molecular weight is 523 g/mol. The summed E-state index contributed by atoms with van der Waals surface area (Å²) in [7, 11) is -2.24. The van der Waals surface area contributed by atoms with Crippen molar-refractivity contribution in [3.05, 3.63) is 54.6 Å². The van der Waals surface area contributed by atoms with Crippen molar-refractivity contribution in [2.45, 2.75) is 83.0 Å². The van der Waals surface area contributed by atoms with Gasteiger partial charge >= 0.3 is 5.97 Å². The van der Waals surface area contributed by atoms with Crippen LogP contribution in [0.5, 0.6) is 5.75 Å². The normalized spacial score (nSPS) is 21.5. The van der Waals surface area contributed by atoms with Crippen molar-refractivity contribution in [2.24, 2.45) is 11.8 Å². The lowest BCUT2D eigenvalue weighted by Crippen LogP contribution is -2.45. The minimum Gasteiger partial charge on any atom is -0.487 e. The Morgan fingerprint density at radius 2 is 1.83 bits per heavy atom. The molecule has 8 heteroatoms. The van der Waals surface area contributed by atoms with Crippen LogP contribution in [0.4, 0.5) is 8.78 Å². The summed E-state index contributed by atoms with van der Waals surface area (Å²) in [6, 6.07) is 8.46. The monoisotopic (exact) mass is 522 g/mol. The molecule has 2 rings (SSSR count).